The van der Waals surface area contributed by atoms with Gasteiger partial charge in [0.1, 0.15) is 0 Å². The number of nitrogens with zero attached hydrogens (tertiary/aromatic N) is 1. The molecule has 3 aromatic rings. The molecule has 0 bridgehead atoms. The maximum Gasteiger partial charge on any atom is 0.257 e. The van der Waals surface area contributed by atoms with E-state index in [1.807, 2.05) is 36.4 Å². The Kier molecular flexibility index (Phi) is 7.19. The Morgan fingerprint density at radius 2 is 1.79 bits per heavy atom. The highest BCUT2D eigenvalue weighted by Gasteiger charge is 2.26. The third kappa shape index (κ3) is 5.64. The number of hydrogen-bond donors (Lipinski definition) is 3. The van der Waals surface area contributed by atoms with E-state index in [0.29, 0.717) is 32.7 Å². The molecule has 5 nitrogen and oxygen atoms in total. The van der Waals surface area contributed by atoms with Crippen molar-refractivity contribution in [2.75, 3.05) is 35.2 Å². The van der Waals surface area contributed by atoms with E-state index in [9.17, 15) is 4.79 Å². The maximum atomic E-state index is 13.1. The number of rotatable bonds is 5. The molecule has 0 radical (unpaired) electrons. The summed E-state index contributed by atoms with van der Waals surface area (Å²) >= 11 is 16.3. The standard InChI is InChI=1S/C25H25BrCl2N4O/c1-25(2)15-32(13-12-29-25)22-11-10-16(14-18(22)26)30-24(33)17-6-3-4-9-21(17)31-23-19(27)7-5-8-20(23)28/h3-11,14,29,31H,12-13,15H2,1-2H3,(H,30,33). The molecule has 0 aliphatic carbocycles. The average molecular weight is 548 g/mol. The van der Waals surface area contributed by atoms with Crippen LogP contribution < -0.4 is 20.9 Å². The summed E-state index contributed by atoms with van der Waals surface area (Å²) < 4.78 is 0.937. The molecule has 3 aromatic carbocycles. The van der Waals surface area contributed by atoms with Gasteiger partial charge in [0.15, 0.2) is 0 Å². The first-order valence-corrected chi connectivity index (χ1v) is 12.2. The molecule has 0 aromatic heterocycles. The smallest absolute Gasteiger partial charge is 0.257 e. The minimum atomic E-state index is -0.232. The van der Waals surface area contributed by atoms with Gasteiger partial charge in [-0.05, 0) is 72.2 Å². The Morgan fingerprint density at radius 1 is 1.06 bits per heavy atom. The van der Waals surface area contributed by atoms with Crippen LogP contribution >= 0.6 is 39.1 Å². The lowest BCUT2D eigenvalue weighted by Crippen LogP contribution is -2.57. The van der Waals surface area contributed by atoms with Crippen LogP contribution in [0, 0.1) is 0 Å². The molecule has 1 aliphatic rings. The van der Waals surface area contributed by atoms with E-state index < -0.39 is 0 Å². The zero-order chi connectivity index (χ0) is 23.6. The van der Waals surface area contributed by atoms with Gasteiger partial charge in [-0.25, -0.2) is 0 Å². The van der Waals surface area contributed by atoms with E-state index in [0.717, 1.165) is 29.8 Å². The van der Waals surface area contributed by atoms with Gasteiger partial charge in [0.05, 0.1) is 32.7 Å². The van der Waals surface area contributed by atoms with E-state index in [1.165, 1.54) is 0 Å². The van der Waals surface area contributed by atoms with Crippen LogP contribution in [0.1, 0.15) is 24.2 Å². The Morgan fingerprint density at radius 3 is 2.48 bits per heavy atom. The van der Waals surface area contributed by atoms with Crippen molar-refractivity contribution in [2.45, 2.75) is 19.4 Å². The number of benzene rings is 3. The lowest BCUT2D eigenvalue weighted by Gasteiger charge is -2.40. The first-order valence-electron chi connectivity index (χ1n) is 10.6. The Hall–Kier alpha value is -2.25. The number of anilines is 4. The van der Waals surface area contributed by atoms with Gasteiger partial charge in [0.25, 0.3) is 5.91 Å². The van der Waals surface area contributed by atoms with Crippen LogP contribution in [-0.4, -0.2) is 31.1 Å². The molecule has 0 unspecified atom stereocenters. The van der Waals surface area contributed by atoms with Gasteiger partial charge in [-0.2, -0.15) is 0 Å². The van der Waals surface area contributed by atoms with Crippen LogP contribution in [-0.2, 0) is 0 Å². The number of piperazine rings is 1. The second kappa shape index (κ2) is 9.94. The third-order valence-corrected chi connectivity index (χ3v) is 6.78. The molecule has 172 valence electrons. The topological polar surface area (TPSA) is 56.4 Å². The van der Waals surface area contributed by atoms with Gasteiger partial charge in [0.2, 0.25) is 0 Å². The summed E-state index contributed by atoms with van der Waals surface area (Å²) in [5.41, 5.74) is 3.52. The number of nitrogens with one attached hydrogen (secondary N) is 3. The minimum Gasteiger partial charge on any atom is -0.368 e. The summed E-state index contributed by atoms with van der Waals surface area (Å²) in [4.78, 5) is 15.5. The number of carbonyl (C=O) groups excluding carboxylic acids is 1. The second-order valence-electron chi connectivity index (χ2n) is 8.62. The second-order valence-corrected chi connectivity index (χ2v) is 10.3. The highest BCUT2D eigenvalue weighted by atomic mass is 79.9. The van der Waals surface area contributed by atoms with Crippen LogP contribution in [0.4, 0.5) is 22.7 Å². The molecule has 33 heavy (non-hydrogen) atoms. The molecule has 1 heterocycles. The number of para-hydroxylation sites is 2. The first-order chi connectivity index (χ1) is 15.7. The lowest BCUT2D eigenvalue weighted by atomic mass is 10.0. The number of hydrogen-bond acceptors (Lipinski definition) is 4. The molecule has 0 atom stereocenters. The highest BCUT2D eigenvalue weighted by molar-refractivity contribution is 9.10. The first kappa shape index (κ1) is 23.9. The van der Waals surface area contributed by atoms with Crippen molar-refractivity contribution in [3.05, 3.63) is 80.7 Å². The molecular weight excluding hydrogens is 523 g/mol. The third-order valence-electron chi connectivity index (χ3n) is 5.51. The van der Waals surface area contributed by atoms with Crippen molar-refractivity contribution in [3.8, 4) is 0 Å². The van der Waals surface area contributed by atoms with Crippen LogP contribution in [0.15, 0.2) is 65.1 Å². The predicted octanol–water partition coefficient (Wildman–Crippen LogP) is 6.94. The van der Waals surface area contributed by atoms with Crippen LogP contribution in [0.25, 0.3) is 0 Å². The van der Waals surface area contributed by atoms with Crippen LogP contribution in [0.5, 0.6) is 0 Å². The van der Waals surface area contributed by atoms with Crippen molar-refractivity contribution in [3.63, 3.8) is 0 Å². The molecular formula is C25H25BrCl2N4O. The molecule has 0 spiro atoms. The Balaban J connectivity index is 1.53. The van der Waals surface area contributed by atoms with Gasteiger partial charge < -0.3 is 20.9 Å². The SMILES string of the molecule is CC1(C)CN(c2ccc(NC(=O)c3ccccc3Nc3c(Cl)cccc3Cl)cc2Br)CCN1. The summed E-state index contributed by atoms with van der Waals surface area (Å²) in [6, 6.07) is 18.4. The van der Waals surface area contributed by atoms with E-state index in [4.69, 9.17) is 23.2 Å². The number of halogens is 3. The van der Waals surface area contributed by atoms with Gasteiger partial charge in [0, 0.05) is 35.3 Å². The molecule has 0 saturated carbocycles. The van der Waals surface area contributed by atoms with Gasteiger partial charge in [-0.15, -0.1) is 0 Å². The molecule has 8 heteroatoms. The Bertz CT molecular complexity index is 1160. The Labute approximate surface area is 212 Å². The van der Waals surface area contributed by atoms with Crippen molar-refractivity contribution < 1.29 is 4.79 Å². The van der Waals surface area contributed by atoms with Gasteiger partial charge >= 0.3 is 0 Å². The summed E-state index contributed by atoms with van der Waals surface area (Å²) in [6.45, 7) is 7.15. The van der Waals surface area contributed by atoms with Crippen molar-refractivity contribution in [1.29, 1.82) is 0 Å². The molecule has 1 amide bonds. The van der Waals surface area contributed by atoms with Crippen LogP contribution in [0.3, 0.4) is 0 Å². The fourth-order valence-electron chi connectivity index (χ4n) is 3.93. The molecule has 4 rings (SSSR count). The molecule has 1 saturated heterocycles. The summed E-state index contributed by atoms with van der Waals surface area (Å²) in [5.74, 6) is -0.232. The monoisotopic (exact) mass is 546 g/mol. The lowest BCUT2D eigenvalue weighted by molar-refractivity contribution is 0.102. The fraction of sp³-hybridized carbons (Fsp3) is 0.240. The van der Waals surface area contributed by atoms with Crippen molar-refractivity contribution >= 4 is 67.8 Å². The van der Waals surface area contributed by atoms with Crippen molar-refractivity contribution in [2.24, 2.45) is 0 Å². The quantitative estimate of drug-likeness (QED) is 0.324. The van der Waals surface area contributed by atoms with Gasteiger partial charge in [-0.3, -0.25) is 4.79 Å². The van der Waals surface area contributed by atoms with Crippen LogP contribution in [0.2, 0.25) is 10.0 Å². The minimum absolute atomic E-state index is 0.0475. The molecule has 1 fully saturated rings. The largest absolute Gasteiger partial charge is 0.368 e. The average Bonchev–Trinajstić information content (AvgIpc) is 2.76. The summed E-state index contributed by atoms with van der Waals surface area (Å²) in [6.07, 6.45) is 0. The van der Waals surface area contributed by atoms with Gasteiger partial charge in [-0.1, -0.05) is 41.4 Å². The molecule has 1 aliphatic heterocycles. The van der Waals surface area contributed by atoms with Crippen molar-refractivity contribution in [1.82, 2.24) is 5.32 Å². The number of amides is 1. The van der Waals surface area contributed by atoms with E-state index >= 15 is 0 Å². The molecule has 3 N–H and O–H groups in total. The van der Waals surface area contributed by atoms with E-state index in [-0.39, 0.29) is 11.4 Å². The summed E-state index contributed by atoms with van der Waals surface area (Å²) in [7, 11) is 0. The van der Waals surface area contributed by atoms with E-state index in [2.05, 4.69) is 50.6 Å². The highest BCUT2D eigenvalue weighted by Crippen LogP contribution is 2.34. The zero-order valence-electron chi connectivity index (χ0n) is 18.4. The van der Waals surface area contributed by atoms with E-state index in [1.54, 1.807) is 24.3 Å². The fourth-order valence-corrected chi connectivity index (χ4v) is 5.05. The maximum absolute atomic E-state index is 13.1. The predicted molar refractivity (Wildman–Crippen MR) is 143 cm³/mol. The number of carbonyl (C=O) groups is 1. The summed E-state index contributed by atoms with van der Waals surface area (Å²) in [5, 5.41) is 10.7. The normalized spacial score (nSPS) is 15.2. The zero-order valence-corrected chi connectivity index (χ0v) is 21.5.